The molecule has 0 saturated carbocycles. The summed E-state index contributed by atoms with van der Waals surface area (Å²) in [6.45, 7) is 6.97. The van der Waals surface area contributed by atoms with Crippen molar-refractivity contribution in [3.05, 3.63) is 18.0 Å². The number of nitrogens with one attached hydrogen (secondary N) is 1. The molecule has 1 aromatic heterocycles. The van der Waals surface area contributed by atoms with Gasteiger partial charge in [0.25, 0.3) is 0 Å². The van der Waals surface area contributed by atoms with Crippen LogP contribution in [0.1, 0.15) is 12.1 Å². The summed E-state index contributed by atoms with van der Waals surface area (Å²) in [5.41, 5.74) is 0.952. The van der Waals surface area contributed by atoms with Gasteiger partial charge >= 0.3 is 0 Å². The number of aliphatic imine (C=N–C) groups is 1. The summed E-state index contributed by atoms with van der Waals surface area (Å²) in [5.74, 6) is 1.33. The van der Waals surface area contributed by atoms with Gasteiger partial charge in [-0.15, -0.1) is 0 Å². The van der Waals surface area contributed by atoms with Crippen molar-refractivity contribution in [3.63, 3.8) is 0 Å². The first-order valence-corrected chi connectivity index (χ1v) is 9.54. The maximum atomic E-state index is 11.9. The van der Waals surface area contributed by atoms with Crippen LogP contribution in [-0.4, -0.2) is 98.3 Å². The number of ether oxygens (including phenoxy) is 1. The number of piperazine rings is 1. The number of hydrogen-bond acceptors (Lipinski definition) is 6. The fourth-order valence-corrected chi connectivity index (χ4v) is 3.20. The van der Waals surface area contributed by atoms with Crippen LogP contribution in [0, 0.1) is 5.92 Å². The highest BCUT2D eigenvalue weighted by molar-refractivity contribution is 5.84. The molecule has 9 heteroatoms. The molecule has 2 saturated heterocycles. The van der Waals surface area contributed by atoms with Gasteiger partial charge in [-0.05, 0) is 6.42 Å². The average Bonchev–Trinajstić information content (AvgIpc) is 3.36. The van der Waals surface area contributed by atoms with E-state index >= 15 is 0 Å². The van der Waals surface area contributed by atoms with E-state index in [-0.39, 0.29) is 12.5 Å². The van der Waals surface area contributed by atoms with E-state index in [0.717, 1.165) is 70.6 Å². The standard InChI is InChI=1S/C18H30N6O3/c1-22(2)17(25)12-20-18(19-11-15-3-9-26-14-15)24-7-5-23(6-8-24)13-16-4-10-27-21-16/h4,10,15H,3,5-9,11-14H2,1-2H3,(H,19,20). The summed E-state index contributed by atoms with van der Waals surface area (Å²) in [6.07, 6.45) is 2.68. The third kappa shape index (κ3) is 5.93. The van der Waals surface area contributed by atoms with Crippen LogP contribution in [0.5, 0.6) is 0 Å². The number of amides is 1. The first kappa shape index (κ1) is 19.6. The Morgan fingerprint density at radius 3 is 2.81 bits per heavy atom. The Hall–Kier alpha value is -2.13. The summed E-state index contributed by atoms with van der Waals surface area (Å²) in [4.78, 5) is 22.7. The second-order valence-corrected chi connectivity index (χ2v) is 7.29. The monoisotopic (exact) mass is 378 g/mol. The number of rotatable bonds is 6. The molecule has 2 aliphatic heterocycles. The van der Waals surface area contributed by atoms with Crippen LogP contribution in [0.2, 0.25) is 0 Å². The molecule has 150 valence electrons. The minimum Gasteiger partial charge on any atom is -0.381 e. The van der Waals surface area contributed by atoms with E-state index in [1.54, 1.807) is 25.3 Å². The summed E-state index contributed by atoms with van der Waals surface area (Å²) < 4.78 is 10.4. The largest absolute Gasteiger partial charge is 0.381 e. The molecule has 1 atom stereocenters. The van der Waals surface area contributed by atoms with Gasteiger partial charge in [-0.3, -0.25) is 9.69 Å². The molecule has 0 spiro atoms. The summed E-state index contributed by atoms with van der Waals surface area (Å²) >= 11 is 0. The van der Waals surface area contributed by atoms with Crippen molar-refractivity contribution in [2.75, 3.05) is 66.6 Å². The maximum Gasteiger partial charge on any atom is 0.243 e. The zero-order valence-electron chi connectivity index (χ0n) is 16.3. The van der Waals surface area contributed by atoms with Crippen molar-refractivity contribution in [2.24, 2.45) is 10.9 Å². The van der Waals surface area contributed by atoms with Crippen molar-refractivity contribution < 1.29 is 14.1 Å². The highest BCUT2D eigenvalue weighted by Gasteiger charge is 2.22. The van der Waals surface area contributed by atoms with E-state index in [0.29, 0.717) is 5.92 Å². The molecule has 3 heterocycles. The van der Waals surface area contributed by atoms with Gasteiger partial charge in [-0.1, -0.05) is 5.16 Å². The van der Waals surface area contributed by atoms with Gasteiger partial charge in [0, 0.05) is 72.0 Å². The highest BCUT2D eigenvalue weighted by atomic mass is 16.5. The lowest BCUT2D eigenvalue weighted by Crippen LogP contribution is -2.53. The second kappa shape index (κ2) is 9.70. The maximum absolute atomic E-state index is 11.9. The lowest BCUT2D eigenvalue weighted by molar-refractivity contribution is -0.127. The number of nitrogens with zero attached hydrogens (tertiary/aromatic N) is 5. The summed E-state index contributed by atoms with van der Waals surface area (Å²) in [6, 6.07) is 1.90. The molecule has 1 aromatic rings. The van der Waals surface area contributed by atoms with Crippen molar-refractivity contribution in [1.29, 1.82) is 0 Å². The number of aromatic nitrogens is 1. The second-order valence-electron chi connectivity index (χ2n) is 7.29. The third-order valence-electron chi connectivity index (χ3n) is 4.98. The number of guanidine groups is 1. The van der Waals surface area contributed by atoms with Crippen LogP contribution in [0.15, 0.2) is 21.8 Å². The van der Waals surface area contributed by atoms with Gasteiger partial charge < -0.3 is 24.4 Å². The number of carbonyl (C=O) groups is 1. The quantitative estimate of drug-likeness (QED) is 0.545. The van der Waals surface area contributed by atoms with Crippen LogP contribution in [0.4, 0.5) is 0 Å². The van der Waals surface area contributed by atoms with Gasteiger partial charge in [-0.25, -0.2) is 4.99 Å². The number of likely N-dealkylation sites (N-methyl/N-ethyl adjacent to an activating group) is 1. The van der Waals surface area contributed by atoms with Gasteiger partial charge in [0.05, 0.1) is 12.3 Å². The molecule has 0 bridgehead atoms. The molecule has 1 N–H and O–H groups in total. The van der Waals surface area contributed by atoms with Crippen molar-refractivity contribution in [2.45, 2.75) is 13.0 Å². The van der Waals surface area contributed by atoms with Gasteiger partial charge in [-0.2, -0.15) is 0 Å². The van der Waals surface area contributed by atoms with E-state index in [1.165, 1.54) is 0 Å². The minimum absolute atomic E-state index is 0.00293. The summed E-state index contributed by atoms with van der Waals surface area (Å²) in [5, 5.41) is 7.45. The molecule has 9 nitrogen and oxygen atoms in total. The highest BCUT2D eigenvalue weighted by Crippen LogP contribution is 2.12. The molecule has 0 radical (unpaired) electrons. The Kier molecular flexibility index (Phi) is 7.05. The Morgan fingerprint density at radius 1 is 1.37 bits per heavy atom. The Bertz CT molecular complexity index is 605. The van der Waals surface area contributed by atoms with Crippen LogP contribution < -0.4 is 5.32 Å². The Labute approximate surface area is 160 Å². The van der Waals surface area contributed by atoms with Crippen LogP contribution in [-0.2, 0) is 16.1 Å². The molecular weight excluding hydrogens is 348 g/mol. The van der Waals surface area contributed by atoms with Crippen molar-refractivity contribution >= 4 is 11.9 Å². The Balaban J connectivity index is 1.54. The van der Waals surface area contributed by atoms with E-state index < -0.39 is 0 Å². The molecule has 27 heavy (non-hydrogen) atoms. The lowest BCUT2D eigenvalue weighted by atomic mass is 10.1. The molecule has 1 amide bonds. The predicted octanol–water partition coefficient (Wildman–Crippen LogP) is -0.137. The Morgan fingerprint density at radius 2 is 2.19 bits per heavy atom. The normalized spacial score (nSPS) is 21.5. The fraction of sp³-hybridized carbons (Fsp3) is 0.722. The minimum atomic E-state index is 0.00293. The zero-order valence-corrected chi connectivity index (χ0v) is 16.3. The van der Waals surface area contributed by atoms with Gasteiger partial charge in [0.15, 0.2) is 5.96 Å². The molecule has 3 rings (SSSR count). The molecule has 1 unspecified atom stereocenters. The van der Waals surface area contributed by atoms with E-state index in [1.807, 2.05) is 6.07 Å². The fourth-order valence-electron chi connectivity index (χ4n) is 3.20. The van der Waals surface area contributed by atoms with Crippen LogP contribution in [0.25, 0.3) is 0 Å². The lowest BCUT2D eigenvalue weighted by Gasteiger charge is -2.36. The van der Waals surface area contributed by atoms with E-state index in [2.05, 4.69) is 25.3 Å². The smallest absolute Gasteiger partial charge is 0.243 e. The average molecular weight is 378 g/mol. The number of hydrogen-bond donors (Lipinski definition) is 1. The van der Waals surface area contributed by atoms with E-state index in [4.69, 9.17) is 9.26 Å². The van der Waals surface area contributed by atoms with Gasteiger partial charge in [0.2, 0.25) is 5.91 Å². The van der Waals surface area contributed by atoms with Crippen LogP contribution >= 0.6 is 0 Å². The third-order valence-corrected chi connectivity index (χ3v) is 4.98. The van der Waals surface area contributed by atoms with Crippen LogP contribution in [0.3, 0.4) is 0 Å². The van der Waals surface area contributed by atoms with Gasteiger partial charge in [0.1, 0.15) is 12.8 Å². The first-order valence-electron chi connectivity index (χ1n) is 9.54. The molecule has 2 aliphatic rings. The predicted molar refractivity (Wildman–Crippen MR) is 101 cm³/mol. The molecule has 0 aliphatic carbocycles. The SMILES string of the molecule is CN(C)C(=O)CN=C(NCC1CCOC1)N1CCN(Cc2ccon2)CC1. The first-order chi connectivity index (χ1) is 13.1. The molecule has 2 fully saturated rings. The van der Waals surface area contributed by atoms with Crippen molar-refractivity contribution in [3.8, 4) is 0 Å². The molecule has 0 aromatic carbocycles. The molecular formula is C18H30N6O3. The summed E-state index contributed by atoms with van der Waals surface area (Å²) in [7, 11) is 3.51. The number of carbonyl (C=O) groups excluding carboxylic acids is 1. The van der Waals surface area contributed by atoms with E-state index in [9.17, 15) is 4.79 Å². The zero-order chi connectivity index (χ0) is 19.1. The topological polar surface area (TPSA) is 86.4 Å². The van der Waals surface area contributed by atoms with Crippen molar-refractivity contribution in [1.82, 2.24) is 25.2 Å².